The Balaban J connectivity index is 2.58. The lowest BCUT2D eigenvalue weighted by molar-refractivity contribution is 0.486. The van der Waals surface area contributed by atoms with E-state index in [0.717, 1.165) is 23.4 Å². The summed E-state index contributed by atoms with van der Waals surface area (Å²) >= 11 is 3.27. The first-order valence-corrected chi connectivity index (χ1v) is 5.73. The van der Waals surface area contributed by atoms with Gasteiger partial charge in [-0.15, -0.1) is 0 Å². The maximum Gasteiger partial charge on any atom is 0.264 e. The summed E-state index contributed by atoms with van der Waals surface area (Å²) in [5.41, 5.74) is 3.30. The van der Waals surface area contributed by atoms with Gasteiger partial charge in [-0.1, -0.05) is 31.2 Å². The van der Waals surface area contributed by atoms with Crippen LogP contribution in [0, 0.1) is 6.92 Å². The van der Waals surface area contributed by atoms with Crippen molar-refractivity contribution in [3.63, 3.8) is 0 Å². The predicted octanol–water partition coefficient (Wildman–Crippen LogP) is 3.97. The third-order valence-corrected chi connectivity index (χ3v) is 2.73. The highest BCUT2D eigenvalue weighted by molar-refractivity contribution is 9.10. The van der Waals surface area contributed by atoms with Crippen molar-refractivity contribution >= 4 is 15.9 Å². The summed E-state index contributed by atoms with van der Waals surface area (Å²) in [4.78, 5) is 4.92. The predicted molar refractivity (Wildman–Crippen MR) is 63.8 cm³/mol. The Bertz CT molecular complexity index is 476. The highest BCUT2D eigenvalue weighted by Gasteiger charge is 2.13. The molecule has 0 amide bonds. The van der Waals surface area contributed by atoms with Gasteiger partial charge in [-0.05, 0) is 12.5 Å². The van der Waals surface area contributed by atoms with Gasteiger partial charge in [0.05, 0.1) is 0 Å². The molecule has 0 aliphatic rings. The second kappa shape index (κ2) is 4.19. The third kappa shape index (κ3) is 1.97. The van der Waals surface area contributed by atoms with Crippen LogP contribution in [-0.4, -0.2) is 4.98 Å². The van der Waals surface area contributed by atoms with Crippen molar-refractivity contribution < 1.29 is 4.42 Å². The average molecular weight is 266 g/mol. The average Bonchev–Trinajstić information content (AvgIpc) is 2.60. The lowest BCUT2D eigenvalue weighted by Crippen LogP contribution is -1.87. The maximum atomic E-state index is 5.48. The molecule has 0 fully saturated rings. The number of aromatic nitrogens is 1. The van der Waals surface area contributed by atoms with Crippen molar-refractivity contribution in [1.82, 2.24) is 4.98 Å². The Hall–Kier alpha value is -1.09. The summed E-state index contributed by atoms with van der Waals surface area (Å²) in [5.74, 6) is 0.927. The molecule has 2 aromatic rings. The summed E-state index contributed by atoms with van der Waals surface area (Å²) < 4.78 is 5.48. The molecular weight excluding hydrogens is 254 g/mol. The van der Waals surface area contributed by atoms with Crippen molar-refractivity contribution in [2.45, 2.75) is 20.3 Å². The fourth-order valence-electron chi connectivity index (χ4n) is 1.61. The van der Waals surface area contributed by atoms with E-state index in [1.54, 1.807) is 0 Å². The van der Waals surface area contributed by atoms with Crippen LogP contribution >= 0.6 is 15.9 Å². The minimum absolute atomic E-state index is 0.553. The third-order valence-electron chi connectivity index (χ3n) is 2.39. The highest BCUT2D eigenvalue weighted by Crippen LogP contribution is 2.28. The molecule has 0 N–H and O–H groups in total. The Kier molecular flexibility index (Phi) is 2.91. The Labute approximate surface area is 97.5 Å². The van der Waals surface area contributed by atoms with Gasteiger partial charge in [0.25, 0.3) is 4.80 Å². The van der Waals surface area contributed by atoms with Crippen LogP contribution in [0.5, 0.6) is 0 Å². The summed E-state index contributed by atoms with van der Waals surface area (Å²) in [6.45, 7) is 4.14. The first-order chi connectivity index (χ1) is 7.22. The molecular formula is C12H12BrNO. The highest BCUT2D eigenvalue weighted by atomic mass is 79.9. The van der Waals surface area contributed by atoms with Gasteiger partial charge in [0.2, 0.25) is 0 Å². The Morgan fingerprint density at radius 1 is 1.33 bits per heavy atom. The van der Waals surface area contributed by atoms with Crippen molar-refractivity contribution in [3.8, 4) is 11.3 Å². The standard InChI is InChI=1S/C12H12BrNO/c1-3-10-11(14-12(13)15-10)9-7-5-4-6-8(9)2/h4-7H,3H2,1-2H3. The van der Waals surface area contributed by atoms with E-state index < -0.39 is 0 Å². The van der Waals surface area contributed by atoms with Crippen molar-refractivity contribution in [3.05, 3.63) is 40.4 Å². The molecule has 0 saturated carbocycles. The lowest BCUT2D eigenvalue weighted by Gasteiger charge is -2.02. The minimum Gasteiger partial charge on any atom is -0.436 e. The number of hydrogen-bond acceptors (Lipinski definition) is 2. The van der Waals surface area contributed by atoms with E-state index in [2.05, 4.69) is 46.9 Å². The van der Waals surface area contributed by atoms with Gasteiger partial charge in [0.15, 0.2) is 0 Å². The number of hydrogen-bond donors (Lipinski definition) is 0. The SMILES string of the molecule is CCc1oc(Br)nc1-c1ccccc1C. The molecule has 1 aromatic carbocycles. The largest absolute Gasteiger partial charge is 0.436 e. The molecule has 0 aliphatic heterocycles. The van der Waals surface area contributed by atoms with E-state index in [4.69, 9.17) is 4.42 Å². The van der Waals surface area contributed by atoms with E-state index >= 15 is 0 Å². The first kappa shape index (κ1) is 10.4. The van der Waals surface area contributed by atoms with Gasteiger partial charge in [-0.2, -0.15) is 0 Å². The summed E-state index contributed by atoms with van der Waals surface area (Å²) in [6.07, 6.45) is 0.849. The van der Waals surface area contributed by atoms with Crippen molar-refractivity contribution in [2.24, 2.45) is 0 Å². The lowest BCUT2D eigenvalue weighted by atomic mass is 10.0. The van der Waals surface area contributed by atoms with Crippen LogP contribution in [0.4, 0.5) is 0 Å². The topological polar surface area (TPSA) is 26.0 Å². The molecule has 0 radical (unpaired) electrons. The van der Waals surface area contributed by atoms with Gasteiger partial charge in [-0.3, -0.25) is 0 Å². The first-order valence-electron chi connectivity index (χ1n) is 4.93. The van der Waals surface area contributed by atoms with Gasteiger partial charge >= 0.3 is 0 Å². The second-order valence-electron chi connectivity index (χ2n) is 3.41. The van der Waals surface area contributed by atoms with Crippen LogP contribution in [-0.2, 0) is 6.42 Å². The molecule has 0 unspecified atom stereocenters. The number of halogens is 1. The molecule has 0 saturated heterocycles. The number of benzene rings is 1. The van der Waals surface area contributed by atoms with Crippen molar-refractivity contribution in [2.75, 3.05) is 0 Å². The van der Waals surface area contributed by atoms with Crippen LogP contribution in [0.2, 0.25) is 0 Å². The number of nitrogens with zero attached hydrogens (tertiary/aromatic N) is 1. The number of oxazole rings is 1. The van der Waals surface area contributed by atoms with E-state index in [0.29, 0.717) is 4.80 Å². The monoisotopic (exact) mass is 265 g/mol. The molecule has 0 aliphatic carbocycles. The smallest absolute Gasteiger partial charge is 0.264 e. The van der Waals surface area contributed by atoms with Crippen LogP contribution < -0.4 is 0 Å². The van der Waals surface area contributed by atoms with E-state index in [9.17, 15) is 0 Å². The zero-order valence-corrected chi connectivity index (χ0v) is 10.3. The molecule has 3 heteroatoms. The van der Waals surface area contributed by atoms with Gasteiger partial charge in [-0.25, -0.2) is 4.98 Å². The molecule has 15 heavy (non-hydrogen) atoms. The minimum atomic E-state index is 0.553. The molecule has 2 rings (SSSR count). The molecule has 1 aromatic heterocycles. The van der Waals surface area contributed by atoms with Gasteiger partial charge < -0.3 is 4.42 Å². The molecule has 0 atom stereocenters. The Morgan fingerprint density at radius 3 is 2.73 bits per heavy atom. The van der Waals surface area contributed by atoms with E-state index in [1.807, 2.05) is 12.1 Å². The quantitative estimate of drug-likeness (QED) is 0.821. The fourth-order valence-corrected chi connectivity index (χ4v) is 1.98. The molecule has 1 heterocycles. The fraction of sp³-hybridized carbons (Fsp3) is 0.250. The molecule has 78 valence electrons. The summed E-state index contributed by atoms with van der Waals surface area (Å²) in [7, 11) is 0. The van der Waals surface area contributed by atoms with E-state index in [1.165, 1.54) is 5.56 Å². The summed E-state index contributed by atoms with van der Waals surface area (Å²) in [6, 6.07) is 8.19. The molecule has 0 bridgehead atoms. The zero-order valence-electron chi connectivity index (χ0n) is 8.75. The maximum absolute atomic E-state index is 5.48. The number of aryl methyl sites for hydroxylation is 2. The zero-order chi connectivity index (χ0) is 10.8. The second-order valence-corrected chi connectivity index (χ2v) is 4.09. The summed E-state index contributed by atoms with van der Waals surface area (Å²) in [5, 5.41) is 0. The van der Waals surface area contributed by atoms with Crippen LogP contribution in [0.15, 0.2) is 33.5 Å². The molecule has 2 nitrogen and oxygen atoms in total. The van der Waals surface area contributed by atoms with Gasteiger partial charge in [0, 0.05) is 27.9 Å². The van der Waals surface area contributed by atoms with Crippen LogP contribution in [0.3, 0.4) is 0 Å². The normalized spacial score (nSPS) is 10.6. The van der Waals surface area contributed by atoms with Gasteiger partial charge in [0.1, 0.15) is 11.5 Å². The Morgan fingerprint density at radius 2 is 2.07 bits per heavy atom. The van der Waals surface area contributed by atoms with Crippen LogP contribution in [0.1, 0.15) is 18.2 Å². The van der Waals surface area contributed by atoms with Crippen molar-refractivity contribution in [1.29, 1.82) is 0 Å². The number of rotatable bonds is 2. The van der Waals surface area contributed by atoms with E-state index in [-0.39, 0.29) is 0 Å². The van der Waals surface area contributed by atoms with Crippen LogP contribution in [0.25, 0.3) is 11.3 Å². The molecule has 0 spiro atoms.